The van der Waals surface area contributed by atoms with Crippen molar-refractivity contribution in [3.63, 3.8) is 0 Å². The second-order valence-corrected chi connectivity index (χ2v) is 4.03. The Bertz CT molecular complexity index is 346. The minimum atomic E-state index is -0.824. The van der Waals surface area contributed by atoms with Crippen molar-refractivity contribution in [3.05, 3.63) is 22.7 Å². The number of carboxylic acids is 1. The van der Waals surface area contributed by atoms with Crippen LogP contribution in [0.15, 0.2) is 16.9 Å². The Morgan fingerprint density at radius 1 is 1.46 bits per heavy atom. The SMILES string of the molecule is O=C(O)C1(c2ncc(Br)cn2)CC1. The van der Waals surface area contributed by atoms with Gasteiger partial charge in [0.05, 0.1) is 4.47 Å². The second kappa shape index (κ2) is 2.77. The standard InChI is InChI=1S/C8H7BrN2O2/c9-5-3-10-6(11-4-5)8(1-2-8)7(12)13/h3-4H,1-2H2,(H,12,13). The fraction of sp³-hybridized carbons (Fsp3) is 0.375. The van der Waals surface area contributed by atoms with E-state index in [1.54, 1.807) is 12.4 Å². The fourth-order valence-corrected chi connectivity index (χ4v) is 1.42. The third-order valence-corrected chi connectivity index (χ3v) is 2.62. The number of hydrogen-bond acceptors (Lipinski definition) is 3. The third-order valence-electron chi connectivity index (χ3n) is 2.21. The molecule has 0 atom stereocenters. The molecule has 0 radical (unpaired) electrons. The van der Waals surface area contributed by atoms with E-state index in [2.05, 4.69) is 25.9 Å². The van der Waals surface area contributed by atoms with Gasteiger partial charge in [-0.1, -0.05) is 0 Å². The average Bonchev–Trinajstić information content (AvgIpc) is 2.86. The van der Waals surface area contributed by atoms with Crippen molar-refractivity contribution in [2.75, 3.05) is 0 Å². The summed E-state index contributed by atoms with van der Waals surface area (Å²) in [6.07, 6.45) is 4.44. The molecular formula is C8H7BrN2O2. The quantitative estimate of drug-likeness (QED) is 0.851. The molecule has 1 fully saturated rings. The van der Waals surface area contributed by atoms with Crippen molar-refractivity contribution in [3.8, 4) is 0 Å². The molecular weight excluding hydrogens is 236 g/mol. The van der Waals surface area contributed by atoms with Crippen molar-refractivity contribution in [2.24, 2.45) is 0 Å². The summed E-state index contributed by atoms with van der Waals surface area (Å²) < 4.78 is 0.762. The predicted molar refractivity (Wildman–Crippen MR) is 48.3 cm³/mol. The number of rotatable bonds is 2. The van der Waals surface area contributed by atoms with Crippen LogP contribution in [0.1, 0.15) is 18.7 Å². The molecule has 1 aliphatic rings. The maximum atomic E-state index is 10.9. The number of aliphatic carboxylic acids is 1. The maximum Gasteiger partial charge on any atom is 0.317 e. The lowest BCUT2D eigenvalue weighted by molar-refractivity contribution is -0.140. The zero-order valence-corrected chi connectivity index (χ0v) is 8.28. The second-order valence-electron chi connectivity index (χ2n) is 3.11. The van der Waals surface area contributed by atoms with Crippen molar-refractivity contribution in [1.82, 2.24) is 9.97 Å². The summed E-state index contributed by atoms with van der Waals surface area (Å²) in [4.78, 5) is 18.9. The van der Waals surface area contributed by atoms with Gasteiger partial charge in [0.25, 0.3) is 0 Å². The van der Waals surface area contributed by atoms with Gasteiger partial charge < -0.3 is 5.11 Å². The summed E-state index contributed by atoms with van der Waals surface area (Å²) in [5.74, 6) is -0.405. The van der Waals surface area contributed by atoms with Crippen LogP contribution in [0.25, 0.3) is 0 Å². The van der Waals surface area contributed by atoms with E-state index in [0.717, 1.165) is 4.47 Å². The molecule has 2 rings (SSSR count). The first kappa shape index (κ1) is 8.62. The first-order valence-electron chi connectivity index (χ1n) is 3.86. The van der Waals surface area contributed by atoms with E-state index < -0.39 is 11.4 Å². The highest BCUT2D eigenvalue weighted by Gasteiger charge is 2.54. The molecule has 1 heterocycles. The van der Waals surface area contributed by atoms with Gasteiger partial charge in [0.1, 0.15) is 11.2 Å². The Balaban J connectivity index is 2.36. The van der Waals surface area contributed by atoms with E-state index in [1.807, 2.05) is 0 Å². The molecule has 1 aromatic heterocycles. The lowest BCUT2D eigenvalue weighted by Gasteiger charge is -2.06. The number of nitrogens with zero attached hydrogens (tertiary/aromatic N) is 2. The zero-order valence-electron chi connectivity index (χ0n) is 6.70. The molecule has 5 heteroatoms. The Hall–Kier alpha value is -0.970. The van der Waals surface area contributed by atoms with Crippen molar-refractivity contribution < 1.29 is 9.90 Å². The van der Waals surface area contributed by atoms with Crippen LogP contribution in [0.5, 0.6) is 0 Å². The highest BCUT2D eigenvalue weighted by atomic mass is 79.9. The van der Waals surface area contributed by atoms with Crippen LogP contribution < -0.4 is 0 Å². The summed E-state index contributed by atoms with van der Waals surface area (Å²) in [5, 5.41) is 8.93. The molecule has 0 bridgehead atoms. The van der Waals surface area contributed by atoms with Gasteiger partial charge in [0.2, 0.25) is 0 Å². The van der Waals surface area contributed by atoms with E-state index in [4.69, 9.17) is 5.11 Å². The van der Waals surface area contributed by atoms with Gasteiger partial charge in [0, 0.05) is 12.4 Å². The summed E-state index contributed by atoms with van der Waals surface area (Å²) in [6.45, 7) is 0. The zero-order chi connectivity index (χ0) is 9.47. The highest BCUT2D eigenvalue weighted by molar-refractivity contribution is 9.10. The van der Waals surface area contributed by atoms with Crippen LogP contribution in [0.4, 0.5) is 0 Å². The smallest absolute Gasteiger partial charge is 0.317 e. The Morgan fingerprint density at radius 2 is 2.00 bits per heavy atom. The van der Waals surface area contributed by atoms with E-state index >= 15 is 0 Å². The van der Waals surface area contributed by atoms with Gasteiger partial charge in [-0.15, -0.1) is 0 Å². The van der Waals surface area contributed by atoms with Crippen molar-refractivity contribution in [1.29, 1.82) is 0 Å². The molecule has 1 saturated carbocycles. The Morgan fingerprint density at radius 3 is 2.38 bits per heavy atom. The monoisotopic (exact) mass is 242 g/mol. The molecule has 0 aliphatic heterocycles. The number of hydrogen-bond donors (Lipinski definition) is 1. The first-order chi connectivity index (χ1) is 6.15. The number of aromatic nitrogens is 2. The molecule has 1 aromatic rings. The van der Waals surface area contributed by atoms with Gasteiger partial charge in [-0.25, -0.2) is 9.97 Å². The highest BCUT2D eigenvalue weighted by Crippen LogP contribution is 2.46. The number of carboxylic acid groups (broad SMARTS) is 1. The summed E-state index contributed by atoms with van der Waals surface area (Å²) in [5.41, 5.74) is -0.791. The molecule has 13 heavy (non-hydrogen) atoms. The van der Waals surface area contributed by atoms with Crippen molar-refractivity contribution in [2.45, 2.75) is 18.3 Å². The molecule has 1 aliphatic carbocycles. The molecule has 4 nitrogen and oxygen atoms in total. The molecule has 68 valence electrons. The van der Waals surface area contributed by atoms with E-state index in [9.17, 15) is 4.79 Å². The van der Waals surface area contributed by atoms with Gasteiger partial charge >= 0.3 is 5.97 Å². The minimum absolute atomic E-state index is 0.420. The third kappa shape index (κ3) is 1.33. The van der Waals surface area contributed by atoms with Crippen LogP contribution in [-0.2, 0) is 10.2 Å². The lowest BCUT2D eigenvalue weighted by atomic mass is 10.1. The molecule has 0 saturated heterocycles. The van der Waals surface area contributed by atoms with Crippen LogP contribution in [-0.4, -0.2) is 21.0 Å². The van der Waals surface area contributed by atoms with E-state index in [0.29, 0.717) is 18.7 Å². The number of carbonyl (C=O) groups is 1. The largest absolute Gasteiger partial charge is 0.480 e. The number of halogens is 1. The Kier molecular flexibility index (Phi) is 1.83. The predicted octanol–water partition coefficient (Wildman–Crippen LogP) is 1.36. The lowest BCUT2D eigenvalue weighted by Crippen LogP contribution is -2.22. The van der Waals surface area contributed by atoms with Gasteiger partial charge in [0.15, 0.2) is 0 Å². The summed E-state index contributed by atoms with van der Waals surface area (Å²) in [6, 6.07) is 0. The minimum Gasteiger partial charge on any atom is -0.480 e. The van der Waals surface area contributed by atoms with E-state index in [-0.39, 0.29) is 0 Å². The topological polar surface area (TPSA) is 63.1 Å². The van der Waals surface area contributed by atoms with Crippen LogP contribution >= 0.6 is 15.9 Å². The van der Waals surface area contributed by atoms with Crippen LogP contribution in [0, 0.1) is 0 Å². The van der Waals surface area contributed by atoms with Gasteiger partial charge in [-0.2, -0.15) is 0 Å². The normalized spacial score (nSPS) is 18.2. The van der Waals surface area contributed by atoms with Crippen LogP contribution in [0.3, 0.4) is 0 Å². The molecule has 0 amide bonds. The van der Waals surface area contributed by atoms with Gasteiger partial charge in [-0.05, 0) is 28.8 Å². The fourth-order valence-electron chi connectivity index (χ4n) is 1.22. The summed E-state index contributed by atoms with van der Waals surface area (Å²) in [7, 11) is 0. The van der Waals surface area contributed by atoms with E-state index in [1.165, 1.54) is 0 Å². The van der Waals surface area contributed by atoms with Gasteiger partial charge in [-0.3, -0.25) is 4.79 Å². The molecule has 1 N–H and O–H groups in total. The average molecular weight is 243 g/mol. The Labute approximate surface area is 83.1 Å². The molecule has 0 unspecified atom stereocenters. The first-order valence-corrected chi connectivity index (χ1v) is 4.66. The maximum absolute atomic E-state index is 10.9. The van der Waals surface area contributed by atoms with Crippen molar-refractivity contribution >= 4 is 21.9 Å². The molecule has 0 aromatic carbocycles. The summed E-state index contributed by atoms with van der Waals surface area (Å²) >= 11 is 3.20. The van der Waals surface area contributed by atoms with Crippen LogP contribution in [0.2, 0.25) is 0 Å². The molecule has 0 spiro atoms.